The monoisotopic (exact) mass is 233 g/mol. The van der Waals surface area contributed by atoms with Crippen molar-refractivity contribution in [2.24, 2.45) is 0 Å². The molecule has 0 atom stereocenters. The lowest BCUT2D eigenvalue weighted by Crippen LogP contribution is -2.25. The van der Waals surface area contributed by atoms with Gasteiger partial charge in [-0.15, -0.1) is 0 Å². The van der Waals surface area contributed by atoms with E-state index in [-0.39, 0.29) is 5.78 Å². The summed E-state index contributed by atoms with van der Waals surface area (Å²) in [5, 5.41) is 3.25. The molecule has 1 fully saturated rings. The van der Waals surface area contributed by atoms with Gasteiger partial charge in [0, 0.05) is 11.6 Å². The van der Waals surface area contributed by atoms with Gasteiger partial charge in [-0.2, -0.15) is 0 Å². The number of hydrogen-bond donors (Lipinski definition) is 1. The Morgan fingerprint density at radius 2 is 2.06 bits per heavy atom. The average molecular weight is 233 g/mol. The van der Waals surface area contributed by atoms with Crippen LogP contribution in [-0.4, -0.2) is 25.5 Å². The Bertz CT molecular complexity index is 436. The minimum atomic E-state index is 0.167. The molecule has 1 aromatic carbocycles. The van der Waals surface area contributed by atoms with Gasteiger partial charge in [-0.25, -0.2) is 0 Å². The summed E-state index contributed by atoms with van der Waals surface area (Å²) < 4.78 is 5.24. The van der Waals surface area contributed by atoms with E-state index in [4.69, 9.17) is 4.74 Å². The predicted octanol–water partition coefficient (Wildman–Crippen LogP) is 2.25. The third-order valence-electron chi connectivity index (χ3n) is 3.39. The fourth-order valence-electron chi connectivity index (χ4n) is 1.94. The summed E-state index contributed by atoms with van der Waals surface area (Å²) in [5.74, 6) is 1.01. The number of carbonyl (C=O) groups excluding carboxylic acids is 1. The first-order valence-corrected chi connectivity index (χ1v) is 6.04. The average Bonchev–Trinajstić information content (AvgIpc) is 3.13. The summed E-state index contributed by atoms with van der Waals surface area (Å²) in [7, 11) is 1.65. The van der Waals surface area contributed by atoms with Gasteiger partial charge in [-0.3, -0.25) is 4.79 Å². The van der Waals surface area contributed by atoms with Crippen molar-refractivity contribution in [1.82, 2.24) is 5.32 Å². The molecule has 1 aromatic rings. The smallest absolute Gasteiger partial charge is 0.176 e. The van der Waals surface area contributed by atoms with E-state index in [0.29, 0.717) is 12.6 Å². The highest BCUT2D eigenvalue weighted by molar-refractivity contribution is 5.99. The minimum absolute atomic E-state index is 0.167. The number of Topliss-reactive ketones (excluding diaryl/α,β-unsaturated/α-hetero) is 1. The van der Waals surface area contributed by atoms with E-state index in [9.17, 15) is 4.79 Å². The van der Waals surface area contributed by atoms with E-state index < -0.39 is 0 Å². The topological polar surface area (TPSA) is 38.3 Å². The molecule has 0 spiro atoms. The molecule has 1 aliphatic rings. The third-order valence-corrected chi connectivity index (χ3v) is 3.39. The van der Waals surface area contributed by atoms with Crippen LogP contribution in [0.15, 0.2) is 12.1 Å². The van der Waals surface area contributed by atoms with E-state index in [1.807, 2.05) is 26.0 Å². The van der Waals surface area contributed by atoms with Crippen molar-refractivity contribution in [3.05, 3.63) is 28.8 Å². The summed E-state index contributed by atoms with van der Waals surface area (Å²) in [6.45, 7) is 4.40. The maximum absolute atomic E-state index is 12.0. The van der Waals surface area contributed by atoms with Crippen LogP contribution in [0.5, 0.6) is 5.75 Å². The van der Waals surface area contributed by atoms with E-state index >= 15 is 0 Å². The van der Waals surface area contributed by atoms with Crippen LogP contribution in [-0.2, 0) is 0 Å². The van der Waals surface area contributed by atoms with Crippen LogP contribution in [0.4, 0.5) is 0 Å². The first-order valence-electron chi connectivity index (χ1n) is 6.04. The number of benzene rings is 1. The SMILES string of the molecule is COc1ccc(C(=O)CNC2CC2)c(C)c1C. The van der Waals surface area contributed by atoms with E-state index in [2.05, 4.69) is 5.32 Å². The molecule has 0 amide bonds. The maximum atomic E-state index is 12.0. The lowest BCUT2D eigenvalue weighted by molar-refractivity contribution is 0.0990. The zero-order valence-corrected chi connectivity index (χ0v) is 10.7. The van der Waals surface area contributed by atoms with E-state index in [1.165, 1.54) is 12.8 Å². The summed E-state index contributed by atoms with van der Waals surface area (Å²) in [4.78, 5) is 12.0. The Hall–Kier alpha value is -1.35. The number of ether oxygens (including phenoxy) is 1. The molecule has 0 heterocycles. The van der Waals surface area contributed by atoms with Crippen LogP contribution in [0, 0.1) is 13.8 Å². The van der Waals surface area contributed by atoms with Crippen molar-refractivity contribution in [3.63, 3.8) is 0 Å². The van der Waals surface area contributed by atoms with Gasteiger partial charge in [0.25, 0.3) is 0 Å². The van der Waals surface area contributed by atoms with Crippen LogP contribution in [0.2, 0.25) is 0 Å². The number of rotatable bonds is 5. The molecule has 17 heavy (non-hydrogen) atoms. The van der Waals surface area contributed by atoms with Gasteiger partial charge in [-0.1, -0.05) is 0 Å². The highest BCUT2D eigenvalue weighted by atomic mass is 16.5. The molecular formula is C14H19NO2. The predicted molar refractivity (Wildman–Crippen MR) is 67.8 cm³/mol. The molecule has 3 nitrogen and oxygen atoms in total. The fourth-order valence-corrected chi connectivity index (χ4v) is 1.94. The van der Waals surface area contributed by atoms with Crippen molar-refractivity contribution in [2.75, 3.05) is 13.7 Å². The zero-order chi connectivity index (χ0) is 12.4. The molecular weight excluding hydrogens is 214 g/mol. The Morgan fingerprint density at radius 3 is 2.65 bits per heavy atom. The van der Waals surface area contributed by atoms with Crippen LogP contribution in [0.25, 0.3) is 0 Å². The molecule has 1 aliphatic carbocycles. The van der Waals surface area contributed by atoms with Crippen molar-refractivity contribution in [1.29, 1.82) is 0 Å². The highest BCUT2D eigenvalue weighted by Gasteiger charge is 2.22. The largest absolute Gasteiger partial charge is 0.496 e. The highest BCUT2D eigenvalue weighted by Crippen LogP contribution is 2.24. The second-order valence-corrected chi connectivity index (χ2v) is 4.64. The first-order chi connectivity index (χ1) is 8.13. The maximum Gasteiger partial charge on any atom is 0.176 e. The number of ketones is 1. The Morgan fingerprint density at radius 1 is 1.35 bits per heavy atom. The summed E-state index contributed by atoms with van der Waals surface area (Å²) in [6, 6.07) is 4.30. The molecule has 0 aromatic heterocycles. The quantitative estimate of drug-likeness (QED) is 0.793. The van der Waals surface area contributed by atoms with Gasteiger partial charge < -0.3 is 10.1 Å². The molecule has 0 radical (unpaired) electrons. The molecule has 1 saturated carbocycles. The van der Waals surface area contributed by atoms with Gasteiger partial charge in [0.1, 0.15) is 5.75 Å². The van der Waals surface area contributed by atoms with Gasteiger partial charge in [0.2, 0.25) is 0 Å². The second-order valence-electron chi connectivity index (χ2n) is 4.64. The van der Waals surface area contributed by atoms with Gasteiger partial charge >= 0.3 is 0 Å². The normalized spacial score (nSPS) is 14.8. The number of hydrogen-bond acceptors (Lipinski definition) is 3. The molecule has 0 saturated heterocycles. The molecule has 0 bridgehead atoms. The summed E-state index contributed by atoms with van der Waals surface area (Å²) >= 11 is 0. The third kappa shape index (κ3) is 2.67. The number of methoxy groups -OCH3 is 1. The van der Waals surface area contributed by atoms with Crippen molar-refractivity contribution < 1.29 is 9.53 Å². The molecule has 0 unspecified atom stereocenters. The Kier molecular flexibility index (Phi) is 3.48. The lowest BCUT2D eigenvalue weighted by atomic mass is 9.99. The van der Waals surface area contributed by atoms with E-state index in [0.717, 1.165) is 22.4 Å². The Labute approximate surface area is 102 Å². The number of nitrogens with one attached hydrogen (secondary N) is 1. The second kappa shape index (κ2) is 4.88. The lowest BCUT2D eigenvalue weighted by Gasteiger charge is -2.12. The molecule has 2 rings (SSSR count). The molecule has 0 aliphatic heterocycles. The van der Waals surface area contributed by atoms with Crippen molar-refractivity contribution in [2.45, 2.75) is 32.7 Å². The first kappa shape index (κ1) is 12.1. The van der Waals surface area contributed by atoms with Crippen molar-refractivity contribution in [3.8, 4) is 5.75 Å². The minimum Gasteiger partial charge on any atom is -0.496 e. The Balaban J connectivity index is 2.13. The van der Waals surface area contributed by atoms with E-state index in [1.54, 1.807) is 7.11 Å². The summed E-state index contributed by atoms with van der Waals surface area (Å²) in [6.07, 6.45) is 2.40. The van der Waals surface area contributed by atoms with Gasteiger partial charge in [0.15, 0.2) is 5.78 Å². The fraction of sp³-hybridized carbons (Fsp3) is 0.500. The van der Waals surface area contributed by atoms with Crippen molar-refractivity contribution >= 4 is 5.78 Å². The van der Waals surface area contributed by atoms with Crippen LogP contribution in [0.3, 0.4) is 0 Å². The van der Waals surface area contributed by atoms with Crippen LogP contribution in [0.1, 0.15) is 34.3 Å². The molecule has 92 valence electrons. The molecule has 1 N–H and O–H groups in total. The number of carbonyl (C=O) groups is 1. The van der Waals surface area contributed by atoms with Gasteiger partial charge in [0.05, 0.1) is 13.7 Å². The standard InChI is InChI=1S/C14H19NO2/c1-9-10(2)14(17-3)7-6-12(9)13(16)8-15-11-4-5-11/h6-7,11,15H,4-5,8H2,1-3H3. The molecule has 3 heteroatoms. The summed E-state index contributed by atoms with van der Waals surface area (Å²) in [5.41, 5.74) is 2.87. The zero-order valence-electron chi connectivity index (χ0n) is 10.7. The van der Waals surface area contributed by atoms with Crippen LogP contribution >= 0.6 is 0 Å². The van der Waals surface area contributed by atoms with Gasteiger partial charge in [-0.05, 0) is 49.9 Å². The van der Waals surface area contributed by atoms with Crippen LogP contribution < -0.4 is 10.1 Å².